The number of carbonyl (C=O) groups is 1. The lowest BCUT2D eigenvalue weighted by molar-refractivity contribution is 0.234. The van der Waals surface area contributed by atoms with Crippen molar-refractivity contribution < 1.29 is 4.79 Å². The molecule has 2 rings (SSSR count). The molecule has 2 N–H and O–H groups in total. The number of rotatable bonds is 5. The number of hydrogen-bond donors (Lipinski definition) is 2. The Morgan fingerprint density at radius 1 is 1.30 bits per heavy atom. The maximum absolute atomic E-state index is 12.1. The van der Waals surface area contributed by atoms with Gasteiger partial charge in [-0.25, -0.2) is 4.79 Å². The fourth-order valence-electron chi connectivity index (χ4n) is 2.40. The van der Waals surface area contributed by atoms with Gasteiger partial charge in [-0.3, -0.25) is 0 Å². The number of aryl methyl sites for hydroxylation is 2. The Balaban J connectivity index is 1.90. The highest BCUT2D eigenvalue weighted by molar-refractivity contribution is 5.74. The van der Waals surface area contributed by atoms with Crippen LogP contribution in [0.2, 0.25) is 0 Å². The Labute approximate surface area is 137 Å². The van der Waals surface area contributed by atoms with E-state index in [9.17, 15) is 4.79 Å². The number of aromatic nitrogens is 3. The molecule has 0 radical (unpaired) electrons. The summed E-state index contributed by atoms with van der Waals surface area (Å²) in [5.74, 6) is 0.720. The topological polar surface area (TPSA) is 71.8 Å². The SMILES string of the molecule is Cc1ccc(C(C)(C)CNC(=O)N[C@@H](C)c2nncn2C)cc1. The highest BCUT2D eigenvalue weighted by Gasteiger charge is 2.22. The van der Waals surface area contributed by atoms with Crippen LogP contribution in [0.15, 0.2) is 30.6 Å². The van der Waals surface area contributed by atoms with Gasteiger partial charge in [0.15, 0.2) is 5.82 Å². The van der Waals surface area contributed by atoms with Crippen LogP contribution in [-0.2, 0) is 12.5 Å². The van der Waals surface area contributed by atoms with Crippen LogP contribution in [0.25, 0.3) is 0 Å². The Hall–Kier alpha value is -2.37. The van der Waals surface area contributed by atoms with E-state index in [0.29, 0.717) is 6.54 Å². The Bertz CT molecular complexity index is 660. The van der Waals surface area contributed by atoms with E-state index in [-0.39, 0.29) is 17.5 Å². The molecule has 6 nitrogen and oxygen atoms in total. The van der Waals surface area contributed by atoms with Crippen LogP contribution < -0.4 is 10.6 Å². The van der Waals surface area contributed by atoms with Crippen molar-refractivity contribution in [2.24, 2.45) is 7.05 Å². The van der Waals surface area contributed by atoms with E-state index in [1.807, 2.05) is 14.0 Å². The van der Waals surface area contributed by atoms with Crippen molar-refractivity contribution in [3.8, 4) is 0 Å². The molecule has 0 aliphatic carbocycles. The van der Waals surface area contributed by atoms with Gasteiger partial charge in [0.1, 0.15) is 6.33 Å². The van der Waals surface area contributed by atoms with Crippen LogP contribution in [0.1, 0.15) is 43.8 Å². The average molecular weight is 315 g/mol. The molecule has 2 amide bonds. The molecule has 1 heterocycles. The summed E-state index contributed by atoms with van der Waals surface area (Å²) >= 11 is 0. The molecule has 0 spiro atoms. The highest BCUT2D eigenvalue weighted by Crippen LogP contribution is 2.22. The van der Waals surface area contributed by atoms with Gasteiger partial charge in [-0.15, -0.1) is 10.2 Å². The number of nitrogens with zero attached hydrogens (tertiary/aromatic N) is 3. The number of amides is 2. The average Bonchev–Trinajstić information content (AvgIpc) is 2.92. The molecule has 1 aromatic heterocycles. The Morgan fingerprint density at radius 3 is 2.52 bits per heavy atom. The second-order valence-corrected chi connectivity index (χ2v) is 6.60. The first-order chi connectivity index (χ1) is 10.8. The predicted octanol–water partition coefficient (Wildman–Crippen LogP) is 2.46. The number of carbonyl (C=O) groups excluding carboxylic acids is 1. The van der Waals surface area contributed by atoms with Crippen LogP contribution in [0.5, 0.6) is 0 Å². The van der Waals surface area contributed by atoms with Crippen molar-refractivity contribution in [2.75, 3.05) is 6.54 Å². The summed E-state index contributed by atoms with van der Waals surface area (Å²) in [6.07, 6.45) is 1.62. The predicted molar refractivity (Wildman–Crippen MR) is 90.2 cm³/mol. The van der Waals surface area contributed by atoms with Crippen LogP contribution in [-0.4, -0.2) is 27.3 Å². The molecule has 0 unspecified atom stereocenters. The number of benzene rings is 1. The standard InChI is InChI=1S/C17H25N5O/c1-12-6-8-14(9-7-12)17(3,4)10-18-16(23)20-13(2)15-21-19-11-22(15)5/h6-9,11,13H,10H2,1-5H3,(H2,18,20,23)/t13-/m0/s1. The normalized spacial score (nSPS) is 12.7. The summed E-state index contributed by atoms with van der Waals surface area (Å²) in [4.78, 5) is 12.1. The van der Waals surface area contributed by atoms with Crippen molar-refractivity contribution in [1.29, 1.82) is 0 Å². The second-order valence-electron chi connectivity index (χ2n) is 6.60. The van der Waals surface area contributed by atoms with Gasteiger partial charge >= 0.3 is 6.03 Å². The third-order valence-electron chi connectivity index (χ3n) is 4.01. The zero-order valence-corrected chi connectivity index (χ0v) is 14.4. The molecule has 1 atom stereocenters. The van der Waals surface area contributed by atoms with Crippen molar-refractivity contribution >= 4 is 6.03 Å². The molecule has 124 valence electrons. The molecule has 0 bridgehead atoms. The molecule has 0 fully saturated rings. The molecule has 6 heteroatoms. The van der Waals surface area contributed by atoms with E-state index >= 15 is 0 Å². The summed E-state index contributed by atoms with van der Waals surface area (Å²) in [6, 6.07) is 7.99. The van der Waals surface area contributed by atoms with Gasteiger partial charge in [0.25, 0.3) is 0 Å². The molecule has 23 heavy (non-hydrogen) atoms. The summed E-state index contributed by atoms with van der Waals surface area (Å²) in [6.45, 7) is 8.73. The minimum Gasteiger partial charge on any atom is -0.337 e. The first-order valence-electron chi connectivity index (χ1n) is 7.75. The Kier molecular flexibility index (Phi) is 5.03. The minimum absolute atomic E-state index is 0.140. The lowest BCUT2D eigenvalue weighted by Crippen LogP contribution is -2.43. The summed E-state index contributed by atoms with van der Waals surface area (Å²) < 4.78 is 1.79. The lowest BCUT2D eigenvalue weighted by Gasteiger charge is -2.26. The van der Waals surface area contributed by atoms with Gasteiger partial charge < -0.3 is 15.2 Å². The van der Waals surface area contributed by atoms with Crippen LogP contribution in [0.3, 0.4) is 0 Å². The van der Waals surface area contributed by atoms with Gasteiger partial charge in [-0.2, -0.15) is 0 Å². The second kappa shape index (κ2) is 6.81. The smallest absolute Gasteiger partial charge is 0.315 e. The van der Waals surface area contributed by atoms with E-state index < -0.39 is 0 Å². The molecule has 0 saturated heterocycles. The van der Waals surface area contributed by atoms with Gasteiger partial charge in [-0.05, 0) is 19.4 Å². The minimum atomic E-state index is -0.208. The van der Waals surface area contributed by atoms with Gasteiger partial charge in [0.05, 0.1) is 6.04 Å². The van der Waals surface area contributed by atoms with E-state index in [4.69, 9.17) is 0 Å². The Morgan fingerprint density at radius 2 is 1.96 bits per heavy atom. The molecule has 0 aliphatic heterocycles. The van der Waals surface area contributed by atoms with Crippen LogP contribution >= 0.6 is 0 Å². The lowest BCUT2D eigenvalue weighted by atomic mass is 9.84. The maximum atomic E-state index is 12.1. The fourth-order valence-corrected chi connectivity index (χ4v) is 2.40. The molecule has 2 aromatic rings. The number of nitrogens with one attached hydrogen (secondary N) is 2. The summed E-state index contributed by atoms with van der Waals surface area (Å²) in [5, 5.41) is 13.7. The molecule has 0 saturated carbocycles. The largest absolute Gasteiger partial charge is 0.337 e. The molecular weight excluding hydrogens is 290 g/mol. The van der Waals surface area contributed by atoms with Gasteiger partial charge in [0.2, 0.25) is 0 Å². The molecular formula is C17H25N5O. The third-order valence-corrected chi connectivity index (χ3v) is 4.01. The van der Waals surface area contributed by atoms with Crippen molar-refractivity contribution in [3.05, 3.63) is 47.5 Å². The summed E-state index contributed by atoms with van der Waals surface area (Å²) in [5.41, 5.74) is 2.29. The van der Waals surface area contributed by atoms with Crippen molar-refractivity contribution in [3.63, 3.8) is 0 Å². The quantitative estimate of drug-likeness (QED) is 0.890. The third kappa shape index (κ3) is 4.31. The fraction of sp³-hybridized carbons (Fsp3) is 0.471. The van der Waals surface area contributed by atoms with E-state index in [0.717, 1.165) is 5.82 Å². The van der Waals surface area contributed by atoms with Crippen molar-refractivity contribution in [2.45, 2.75) is 39.2 Å². The first-order valence-corrected chi connectivity index (χ1v) is 7.75. The van der Waals surface area contributed by atoms with Crippen LogP contribution in [0, 0.1) is 6.92 Å². The van der Waals surface area contributed by atoms with E-state index in [2.05, 4.69) is 65.9 Å². The van der Waals surface area contributed by atoms with E-state index in [1.165, 1.54) is 11.1 Å². The number of hydrogen-bond acceptors (Lipinski definition) is 3. The zero-order chi connectivity index (χ0) is 17.0. The van der Waals surface area contributed by atoms with Crippen molar-refractivity contribution in [1.82, 2.24) is 25.4 Å². The number of urea groups is 1. The van der Waals surface area contributed by atoms with E-state index in [1.54, 1.807) is 10.9 Å². The first kappa shape index (κ1) is 17.0. The molecule has 1 aromatic carbocycles. The monoisotopic (exact) mass is 315 g/mol. The van der Waals surface area contributed by atoms with Gasteiger partial charge in [-0.1, -0.05) is 43.7 Å². The zero-order valence-electron chi connectivity index (χ0n) is 14.4. The van der Waals surface area contributed by atoms with Gasteiger partial charge in [0, 0.05) is 19.0 Å². The molecule has 0 aliphatic rings. The summed E-state index contributed by atoms with van der Waals surface area (Å²) in [7, 11) is 1.85. The highest BCUT2D eigenvalue weighted by atomic mass is 16.2. The van der Waals surface area contributed by atoms with Crippen LogP contribution in [0.4, 0.5) is 4.79 Å². The maximum Gasteiger partial charge on any atom is 0.315 e.